The molecule has 0 radical (unpaired) electrons. The summed E-state index contributed by atoms with van der Waals surface area (Å²) in [6.45, 7) is -0.497. The zero-order valence-electron chi connectivity index (χ0n) is 8.55. The van der Waals surface area contributed by atoms with Gasteiger partial charge in [-0.2, -0.15) is 0 Å². The Morgan fingerprint density at radius 1 is 1.47 bits per heavy atom. The molecule has 1 aliphatic rings. The van der Waals surface area contributed by atoms with Gasteiger partial charge in [0, 0.05) is 11.2 Å². The molecule has 0 atom stereocenters. The van der Waals surface area contributed by atoms with E-state index in [4.69, 9.17) is 0 Å². The lowest BCUT2D eigenvalue weighted by Gasteiger charge is -2.32. The summed E-state index contributed by atoms with van der Waals surface area (Å²) in [5.41, 5.74) is -1.31. The summed E-state index contributed by atoms with van der Waals surface area (Å²) >= 11 is 0. The molecule has 0 aromatic carbocycles. The van der Waals surface area contributed by atoms with Crippen LogP contribution in [0, 0.1) is 10.1 Å². The highest BCUT2D eigenvalue weighted by molar-refractivity contribution is 7.91. The molecule has 1 fully saturated rings. The maximum Gasteiger partial charge on any atom is 0.232 e. The van der Waals surface area contributed by atoms with Crippen molar-refractivity contribution in [3.8, 4) is 0 Å². The van der Waals surface area contributed by atoms with E-state index in [1.54, 1.807) is 0 Å². The first-order valence-electron chi connectivity index (χ1n) is 4.76. The molecule has 0 heterocycles. The van der Waals surface area contributed by atoms with Crippen molar-refractivity contribution in [2.45, 2.75) is 36.5 Å². The van der Waals surface area contributed by atoms with Gasteiger partial charge in [-0.3, -0.25) is 10.1 Å². The lowest BCUT2D eigenvalue weighted by Crippen LogP contribution is -2.43. The fraction of sp³-hybridized carbons (Fsp3) is 1.00. The van der Waals surface area contributed by atoms with Crippen molar-refractivity contribution in [1.29, 1.82) is 0 Å². The molecule has 0 saturated heterocycles. The summed E-state index contributed by atoms with van der Waals surface area (Å²) in [5.74, 6) is 0. The van der Waals surface area contributed by atoms with E-state index in [1.807, 2.05) is 0 Å². The highest BCUT2D eigenvalue weighted by atomic mass is 32.2. The van der Waals surface area contributed by atoms with E-state index in [2.05, 4.69) is 0 Å². The monoisotopic (exact) mass is 237 g/mol. The van der Waals surface area contributed by atoms with Gasteiger partial charge in [-0.15, -0.1) is 0 Å². The molecule has 88 valence electrons. The number of nitro groups is 1. The third-order valence-corrected chi connectivity index (χ3v) is 4.57. The molecular formula is C8H15NO5S. The van der Waals surface area contributed by atoms with Crippen molar-refractivity contribution in [3.05, 3.63) is 10.1 Å². The van der Waals surface area contributed by atoms with E-state index < -0.39 is 32.2 Å². The molecule has 0 aromatic rings. The second-order valence-electron chi connectivity index (χ2n) is 4.24. The van der Waals surface area contributed by atoms with Gasteiger partial charge in [-0.1, -0.05) is 0 Å². The molecule has 1 aliphatic carbocycles. The maximum atomic E-state index is 11.2. The van der Waals surface area contributed by atoms with Gasteiger partial charge in [0.25, 0.3) is 0 Å². The van der Waals surface area contributed by atoms with Gasteiger partial charge >= 0.3 is 0 Å². The van der Waals surface area contributed by atoms with Crippen LogP contribution in [0.5, 0.6) is 0 Å². The number of rotatable bonds is 3. The van der Waals surface area contributed by atoms with Gasteiger partial charge < -0.3 is 5.11 Å². The number of hydrogen-bond donors (Lipinski definition) is 1. The Kier molecular flexibility index (Phi) is 3.34. The van der Waals surface area contributed by atoms with Crippen LogP contribution in [0.2, 0.25) is 0 Å². The molecule has 15 heavy (non-hydrogen) atoms. The standard InChI is InChI=1S/C8H15NO5S/c1-15(13,14)7-2-4-8(10,5-3-7)6-9(11)12/h7,10H,2-6H2,1H3. The molecule has 0 aromatic heterocycles. The van der Waals surface area contributed by atoms with Crippen molar-refractivity contribution >= 4 is 9.84 Å². The first kappa shape index (κ1) is 12.4. The number of sulfone groups is 1. The van der Waals surface area contributed by atoms with Crippen LogP contribution >= 0.6 is 0 Å². The van der Waals surface area contributed by atoms with Crippen LogP contribution in [-0.4, -0.2) is 42.1 Å². The maximum absolute atomic E-state index is 11.2. The van der Waals surface area contributed by atoms with Crippen molar-refractivity contribution in [2.24, 2.45) is 0 Å². The molecule has 0 bridgehead atoms. The van der Waals surface area contributed by atoms with Gasteiger partial charge in [0.2, 0.25) is 6.54 Å². The van der Waals surface area contributed by atoms with Crippen LogP contribution < -0.4 is 0 Å². The van der Waals surface area contributed by atoms with Gasteiger partial charge in [0.1, 0.15) is 15.4 Å². The van der Waals surface area contributed by atoms with E-state index in [1.165, 1.54) is 0 Å². The Balaban J connectivity index is 2.59. The summed E-state index contributed by atoms with van der Waals surface area (Å²) in [6.07, 6.45) is 2.15. The van der Waals surface area contributed by atoms with E-state index >= 15 is 0 Å². The average molecular weight is 237 g/mol. The molecule has 1 rings (SSSR count). The fourth-order valence-corrected chi connectivity index (χ4v) is 3.05. The van der Waals surface area contributed by atoms with Crippen molar-refractivity contribution < 1.29 is 18.4 Å². The predicted molar refractivity (Wildman–Crippen MR) is 53.9 cm³/mol. The van der Waals surface area contributed by atoms with E-state index in [-0.39, 0.29) is 12.8 Å². The Hall–Kier alpha value is -0.690. The summed E-state index contributed by atoms with van der Waals surface area (Å²) < 4.78 is 22.4. The van der Waals surface area contributed by atoms with Gasteiger partial charge in [0.05, 0.1) is 5.25 Å². The second-order valence-corrected chi connectivity index (χ2v) is 6.57. The van der Waals surface area contributed by atoms with Crippen molar-refractivity contribution in [2.75, 3.05) is 12.8 Å². The third-order valence-electron chi connectivity index (χ3n) is 2.89. The largest absolute Gasteiger partial charge is 0.383 e. The van der Waals surface area contributed by atoms with Gasteiger partial charge in [-0.05, 0) is 25.7 Å². The van der Waals surface area contributed by atoms with Gasteiger partial charge in [0.15, 0.2) is 0 Å². The van der Waals surface area contributed by atoms with Crippen LogP contribution in [-0.2, 0) is 9.84 Å². The third kappa shape index (κ3) is 3.42. The first-order valence-corrected chi connectivity index (χ1v) is 6.71. The minimum atomic E-state index is -3.09. The van der Waals surface area contributed by atoms with E-state index in [0.717, 1.165) is 6.26 Å². The molecule has 1 N–H and O–H groups in total. The normalized spacial score (nSPS) is 32.5. The van der Waals surface area contributed by atoms with Crippen LogP contribution in [0.3, 0.4) is 0 Å². The lowest BCUT2D eigenvalue weighted by atomic mass is 9.85. The summed E-state index contributed by atoms with van der Waals surface area (Å²) in [6, 6.07) is 0. The summed E-state index contributed by atoms with van der Waals surface area (Å²) in [5, 5.41) is 19.6. The SMILES string of the molecule is CS(=O)(=O)C1CCC(O)(C[N+](=O)[O-])CC1. The Morgan fingerprint density at radius 3 is 2.27 bits per heavy atom. The smallest absolute Gasteiger partial charge is 0.232 e. The van der Waals surface area contributed by atoms with Gasteiger partial charge in [-0.25, -0.2) is 8.42 Å². The highest BCUT2D eigenvalue weighted by Gasteiger charge is 2.40. The average Bonchev–Trinajstić information content (AvgIpc) is 2.00. The second kappa shape index (κ2) is 4.05. The molecular weight excluding hydrogens is 222 g/mol. The fourth-order valence-electron chi connectivity index (χ4n) is 1.96. The summed E-state index contributed by atoms with van der Waals surface area (Å²) in [4.78, 5) is 9.72. The predicted octanol–water partition coefficient (Wildman–Crippen LogP) is -0.0186. The number of aliphatic hydroxyl groups is 1. The molecule has 1 saturated carbocycles. The Labute approximate surface area is 88.4 Å². The first-order chi connectivity index (χ1) is 6.73. The van der Waals surface area contributed by atoms with Crippen LogP contribution in [0.1, 0.15) is 25.7 Å². The zero-order chi connectivity index (χ0) is 11.7. The van der Waals surface area contributed by atoms with E-state index in [9.17, 15) is 23.6 Å². The van der Waals surface area contributed by atoms with Crippen molar-refractivity contribution in [3.63, 3.8) is 0 Å². The molecule has 7 heteroatoms. The quantitative estimate of drug-likeness (QED) is 0.549. The summed E-state index contributed by atoms with van der Waals surface area (Å²) in [7, 11) is -3.09. The molecule has 0 unspecified atom stereocenters. The lowest BCUT2D eigenvalue weighted by molar-refractivity contribution is -0.502. The van der Waals surface area contributed by atoms with Crippen LogP contribution in [0.4, 0.5) is 0 Å². The molecule has 0 amide bonds. The van der Waals surface area contributed by atoms with Crippen LogP contribution in [0.15, 0.2) is 0 Å². The molecule has 6 nitrogen and oxygen atoms in total. The highest BCUT2D eigenvalue weighted by Crippen LogP contribution is 2.31. The Morgan fingerprint density at radius 2 is 1.93 bits per heavy atom. The van der Waals surface area contributed by atoms with Crippen LogP contribution in [0.25, 0.3) is 0 Å². The number of hydrogen-bond acceptors (Lipinski definition) is 5. The van der Waals surface area contributed by atoms with E-state index in [0.29, 0.717) is 12.8 Å². The molecule has 0 aliphatic heterocycles. The Bertz CT molecular complexity index is 342. The topological polar surface area (TPSA) is 97.5 Å². The number of nitrogens with zero attached hydrogens (tertiary/aromatic N) is 1. The van der Waals surface area contributed by atoms with Crippen molar-refractivity contribution in [1.82, 2.24) is 0 Å². The molecule has 0 spiro atoms. The minimum absolute atomic E-state index is 0.186. The zero-order valence-corrected chi connectivity index (χ0v) is 9.37. The minimum Gasteiger partial charge on any atom is -0.383 e.